The molecular weight excluding hydrogens is 319 g/mol. The molecule has 6 heteroatoms. The molecule has 5 nitrogen and oxygen atoms in total. The molecule has 0 aliphatic heterocycles. The zero-order chi connectivity index (χ0) is 17.2. The number of aromatic nitrogens is 3. The van der Waals surface area contributed by atoms with Crippen LogP contribution in [0.15, 0.2) is 49.1 Å². The molecule has 0 radical (unpaired) electrons. The zero-order valence-corrected chi connectivity index (χ0v) is 13.6. The van der Waals surface area contributed by atoms with E-state index >= 15 is 0 Å². The predicted molar refractivity (Wildman–Crippen MR) is 92.4 cm³/mol. The first kappa shape index (κ1) is 15.5. The molecule has 3 aromatic rings. The minimum absolute atomic E-state index is 0.235. The Morgan fingerprint density at radius 3 is 2.68 bits per heavy atom. The van der Waals surface area contributed by atoms with Crippen LogP contribution in [-0.4, -0.2) is 20.7 Å². The van der Waals surface area contributed by atoms with E-state index in [9.17, 15) is 9.18 Å². The Balaban J connectivity index is 1.54. The third kappa shape index (κ3) is 3.15. The standard InChI is InChI=1S/C19H17FN4O/c20-17-10-16(7-8-18(17)24-12-21-11-22-24)23-19(25)15-6-5-13-3-1-2-4-14(13)9-15/h5-12H,1-4H2,(H,23,25). The highest BCUT2D eigenvalue weighted by Crippen LogP contribution is 2.23. The van der Waals surface area contributed by atoms with Gasteiger partial charge in [0.05, 0.1) is 0 Å². The first-order chi connectivity index (χ1) is 12.2. The fourth-order valence-electron chi connectivity index (χ4n) is 3.18. The molecule has 4 rings (SSSR count). The van der Waals surface area contributed by atoms with Crippen LogP contribution in [0.25, 0.3) is 5.69 Å². The average Bonchev–Trinajstić information content (AvgIpc) is 3.15. The molecule has 0 saturated carbocycles. The minimum atomic E-state index is -0.478. The number of nitrogens with one attached hydrogen (secondary N) is 1. The summed E-state index contributed by atoms with van der Waals surface area (Å²) in [7, 11) is 0. The maximum atomic E-state index is 14.3. The van der Waals surface area contributed by atoms with Gasteiger partial charge in [0, 0.05) is 11.3 Å². The molecule has 1 aliphatic carbocycles. The molecule has 0 unspecified atom stereocenters. The van der Waals surface area contributed by atoms with Gasteiger partial charge in [0.2, 0.25) is 0 Å². The topological polar surface area (TPSA) is 59.8 Å². The first-order valence-corrected chi connectivity index (χ1v) is 8.28. The largest absolute Gasteiger partial charge is 0.322 e. The first-order valence-electron chi connectivity index (χ1n) is 8.28. The second kappa shape index (κ2) is 6.47. The quantitative estimate of drug-likeness (QED) is 0.796. The lowest BCUT2D eigenvalue weighted by molar-refractivity contribution is 0.102. The van der Waals surface area contributed by atoms with Crippen molar-refractivity contribution in [1.82, 2.24) is 14.8 Å². The SMILES string of the molecule is O=C(Nc1ccc(-n2cncn2)c(F)c1)c1ccc2c(c1)CCCC2. The number of fused-ring (bicyclic) bond motifs is 1. The molecule has 126 valence electrons. The van der Waals surface area contributed by atoms with Gasteiger partial charge in [0.15, 0.2) is 5.82 Å². The highest BCUT2D eigenvalue weighted by Gasteiger charge is 2.14. The van der Waals surface area contributed by atoms with Crippen molar-refractivity contribution in [2.24, 2.45) is 0 Å². The molecule has 1 amide bonds. The van der Waals surface area contributed by atoms with E-state index in [0.29, 0.717) is 11.3 Å². The summed E-state index contributed by atoms with van der Waals surface area (Å²) in [6.45, 7) is 0. The fourth-order valence-corrected chi connectivity index (χ4v) is 3.18. The number of rotatable bonds is 3. The second-order valence-corrected chi connectivity index (χ2v) is 6.15. The van der Waals surface area contributed by atoms with Crippen LogP contribution in [-0.2, 0) is 12.8 Å². The molecule has 25 heavy (non-hydrogen) atoms. The lowest BCUT2D eigenvalue weighted by atomic mass is 9.90. The van der Waals surface area contributed by atoms with Crippen molar-refractivity contribution in [3.05, 3.63) is 71.6 Å². The highest BCUT2D eigenvalue weighted by molar-refractivity contribution is 6.04. The number of benzene rings is 2. The Morgan fingerprint density at radius 1 is 1.08 bits per heavy atom. The van der Waals surface area contributed by atoms with E-state index < -0.39 is 5.82 Å². The summed E-state index contributed by atoms with van der Waals surface area (Å²) in [5.41, 5.74) is 3.85. The van der Waals surface area contributed by atoms with Crippen LogP contribution in [0, 0.1) is 5.82 Å². The van der Waals surface area contributed by atoms with Gasteiger partial charge in [-0.1, -0.05) is 6.07 Å². The lowest BCUT2D eigenvalue weighted by Gasteiger charge is -2.16. The summed E-state index contributed by atoms with van der Waals surface area (Å²) < 4.78 is 15.6. The number of amides is 1. The Morgan fingerprint density at radius 2 is 1.92 bits per heavy atom. The van der Waals surface area contributed by atoms with Crippen LogP contribution in [0.4, 0.5) is 10.1 Å². The molecule has 0 atom stereocenters. The zero-order valence-electron chi connectivity index (χ0n) is 13.6. The third-order valence-corrected chi connectivity index (χ3v) is 4.48. The molecule has 0 bridgehead atoms. The van der Waals surface area contributed by atoms with E-state index in [1.54, 1.807) is 12.1 Å². The van der Waals surface area contributed by atoms with Crippen molar-refractivity contribution in [3.8, 4) is 5.69 Å². The smallest absolute Gasteiger partial charge is 0.255 e. The van der Waals surface area contributed by atoms with Gasteiger partial charge in [-0.05, 0) is 67.1 Å². The summed E-state index contributed by atoms with van der Waals surface area (Å²) in [5.74, 6) is -0.713. The number of aryl methyl sites for hydroxylation is 2. The second-order valence-electron chi connectivity index (χ2n) is 6.15. The van der Waals surface area contributed by atoms with Gasteiger partial charge in [0.25, 0.3) is 5.91 Å². The number of nitrogens with zero attached hydrogens (tertiary/aromatic N) is 3. The van der Waals surface area contributed by atoms with Crippen molar-refractivity contribution in [1.29, 1.82) is 0 Å². The van der Waals surface area contributed by atoms with Gasteiger partial charge in [-0.3, -0.25) is 4.79 Å². The average molecular weight is 336 g/mol. The number of halogens is 1. The van der Waals surface area contributed by atoms with Crippen molar-refractivity contribution < 1.29 is 9.18 Å². The summed E-state index contributed by atoms with van der Waals surface area (Å²) >= 11 is 0. The molecule has 0 spiro atoms. The molecule has 0 saturated heterocycles. The van der Waals surface area contributed by atoms with Gasteiger partial charge in [0.1, 0.15) is 18.3 Å². The molecule has 1 heterocycles. The number of carbonyl (C=O) groups is 1. The van der Waals surface area contributed by atoms with E-state index in [4.69, 9.17) is 0 Å². The van der Waals surface area contributed by atoms with E-state index in [2.05, 4.69) is 15.4 Å². The summed E-state index contributed by atoms with van der Waals surface area (Å²) in [4.78, 5) is 16.3. The molecular formula is C19H17FN4O. The van der Waals surface area contributed by atoms with Gasteiger partial charge < -0.3 is 5.32 Å². The van der Waals surface area contributed by atoms with Crippen molar-refractivity contribution in [2.45, 2.75) is 25.7 Å². The number of hydrogen-bond acceptors (Lipinski definition) is 3. The van der Waals surface area contributed by atoms with E-state index in [1.807, 2.05) is 18.2 Å². The Labute approximate surface area is 144 Å². The number of hydrogen-bond donors (Lipinski definition) is 1. The number of anilines is 1. The van der Waals surface area contributed by atoms with Crippen LogP contribution in [0.2, 0.25) is 0 Å². The summed E-state index contributed by atoms with van der Waals surface area (Å²) in [6.07, 6.45) is 7.21. The normalized spacial score (nSPS) is 13.3. The van der Waals surface area contributed by atoms with Crippen LogP contribution in [0.5, 0.6) is 0 Å². The van der Waals surface area contributed by atoms with Gasteiger partial charge in [-0.25, -0.2) is 14.1 Å². The van der Waals surface area contributed by atoms with Crippen LogP contribution in [0.3, 0.4) is 0 Å². The predicted octanol–water partition coefficient (Wildman–Crippen LogP) is 3.54. The molecule has 1 aromatic heterocycles. The third-order valence-electron chi connectivity index (χ3n) is 4.48. The highest BCUT2D eigenvalue weighted by atomic mass is 19.1. The van der Waals surface area contributed by atoms with Gasteiger partial charge in [-0.15, -0.1) is 0 Å². The summed E-state index contributed by atoms with van der Waals surface area (Å²) in [5, 5.41) is 6.66. The Kier molecular flexibility index (Phi) is 4.01. The van der Waals surface area contributed by atoms with E-state index in [1.165, 1.54) is 41.0 Å². The van der Waals surface area contributed by atoms with Crippen LogP contribution < -0.4 is 5.32 Å². The van der Waals surface area contributed by atoms with Crippen molar-refractivity contribution in [3.63, 3.8) is 0 Å². The maximum absolute atomic E-state index is 14.3. The Hall–Kier alpha value is -3.02. The lowest BCUT2D eigenvalue weighted by Crippen LogP contribution is -2.14. The fraction of sp³-hybridized carbons (Fsp3) is 0.211. The van der Waals surface area contributed by atoms with Crippen molar-refractivity contribution in [2.75, 3.05) is 5.32 Å². The minimum Gasteiger partial charge on any atom is -0.322 e. The molecule has 0 fully saturated rings. The molecule has 2 aromatic carbocycles. The summed E-state index contributed by atoms with van der Waals surface area (Å²) in [6, 6.07) is 10.3. The maximum Gasteiger partial charge on any atom is 0.255 e. The Bertz CT molecular complexity index is 921. The van der Waals surface area contributed by atoms with Gasteiger partial charge >= 0.3 is 0 Å². The van der Waals surface area contributed by atoms with Crippen LogP contribution >= 0.6 is 0 Å². The molecule has 1 aliphatic rings. The van der Waals surface area contributed by atoms with Crippen LogP contribution in [0.1, 0.15) is 34.3 Å². The monoisotopic (exact) mass is 336 g/mol. The van der Waals surface area contributed by atoms with Crippen molar-refractivity contribution >= 4 is 11.6 Å². The number of carbonyl (C=O) groups excluding carboxylic acids is 1. The van der Waals surface area contributed by atoms with E-state index in [-0.39, 0.29) is 11.6 Å². The molecule has 1 N–H and O–H groups in total. The van der Waals surface area contributed by atoms with E-state index in [0.717, 1.165) is 19.3 Å². The van der Waals surface area contributed by atoms with Gasteiger partial charge in [-0.2, -0.15) is 5.10 Å².